The number of nitrogens with zero attached hydrogens (tertiary/aromatic N) is 3. The van der Waals surface area contributed by atoms with E-state index in [1.54, 1.807) is 25.3 Å². The number of hydrogen-bond donors (Lipinski definition) is 2. The monoisotopic (exact) mass is 396 g/mol. The molecule has 0 bridgehead atoms. The van der Waals surface area contributed by atoms with Gasteiger partial charge in [0.05, 0.1) is 23.8 Å². The molecular formula is C17H21ClN4O5. The number of anilines is 1. The summed E-state index contributed by atoms with van der Waals surface area (Å²) in [6.45, 7) is 2.04. The number of nitrogens with one attached hydrogen (secondary N) is 1. The number of ether oxygens (including phenoxy) is 1. The fourth-order valence-corrected chi connectivity index (χ4v) is 2.42. The summed E-state index contributed by atoms with van der Waals surface area (Å²) in [6.07, 6.45) is 0.484. The predicted octanol–water partition coefficient (Wildman–Crippen LogP) is 2.76. The molecule has 2 aromatic rings. The number of carboxylic acid groups (broad SMARTS) is 1. The van der Waals surface area contributed by atoms with E-state index in [4.69, 9.17) is 26.0 Å². The summed E-state index contributed by atoms with van der Waals surface area (Å²) >= 11 is 6.06. The number of rotatable bonds is 8. The highest BCUT2D eigenvalue weighted by atomic mass is 35.5. The van der Waals surface area contributed by atoms with E-state index in [9.17, 15) is 9.59 Å². The Labute approximate surface area is 161 Å². The molecule has 2 amide bonds. The van der Waals surface area contributed by atoms with Gasteiger partial charge in [-0.1, -0.05) is 23.7 Å². The number of benzene rings is 1. The second-order valence-corrected chi connectivity index (χ2v) is 6.43. The van der Waals surface area contributed by atoms with Crippen LogP contribution < -0.4 is 5.32 Å². The third kappa shape index (κ3) is 5.66. The number of halogens is 1. The molecule has 0 saturated carbocycles. The van der Waals surface area contributed by atoms with Gasteiger partial charge in [0.2, 0.25) is 0 Å². The van der Waals surface area contributed by atoms with Gasteiger partial charge in [-0.05, 0) is 18.2 Å². The van der Waals surface area contributed by atoms with Crippen molar-refractivity contribution in [2.75, 3.05) is 32.6 Å². The molecule has 0 aliphatic heterocycles. The lowest BCUT2D eigenvalue weighted by atomic mass is 10.1. The van der Waals surface area contributed by atoms with Crippen molar-refractivity contribution in [1.82, 2.24) is 15.0 Å². The Balaban J connectivity index is 2.19. The number of methoxy groups -OCH3 is 1. The van der Waals surface area contributed by atoms with Gasteiger partial charge in [0.25, 0.3) is 5.89 Å². The molecule has 1 aromatic heterocycles. The van der Waals surface area contributed by atoms with Gasteiger partial charge in [-0.25, -0.2) is 4.79 Å². The molecule has 0 aliphatic carbocycles. The standard InChI is InChI=1S/C17H21ClN4O5/c1-10(16(23)24)9-22(2)17(25)19-13-5-4-11(18)8-12(13)15-20-14(21-27-15)6-7-26-3/h4-5,8,10H,6-7,9H2,1-3H3,(H,19,25)(H,23,24). The second kappa shape index (κ2) is 9.33. The molecule has 27 heavy (non-hydrogen) atoms. The fourth-order valence-electron chi connectivity index (χ4n) is 2.24. The van der Waals surface area contributed by atoms with Crippen molar-refractivity contribution in [2.24, 2.45) is 5.92 Å². The maximum absolute atomic E-state index is 12.4. The molecule has 0 fully saturated rings. The van der Waals surface area contributed by atoms with Crippen LogP contribution in [0.3, 0.4) is 0 Å². The molecule has 1 atom stereocenters. The number of amides is 2. The second-order valence-electron chi connectivity index (χ2n) is 6.00. The van der Waals surface area contributed by atoms with Crippen LogP contribution in [0.4, 0.5) is 10.5 Å². The van der Waals surface area contributed by atoms with Crippen LogP contribution in [0, 0.1) is 5.92 Å². The molecule has 1 aromatic carbocycles. The third-order valence-electron chi connectivity index (χ3n) is 3.77. The summed E-state index contributed by atoms with van der Waals surface area (Å²) in [4.78, 5) is 28.9. The van der Waals surface area contributed by atoms with E-state index in [1.165, 1.54) is 18.9 Å². The highest BCUT2D eigenvalue weighted by Crippen LogP contribution is 2.30. The molecule has 2 rings (SSSR count). The van der Waals surface area contributed by atoms with Gasteiger partial charge >= 0.3 is 12.0 Å². The minimum absolute atomic E-state index is 0.0613. The van der Waals surface area contributed by atoms with Crippen LogP contribution in [0.1, 0.15) is 12.7 Å². The van der Waals surface area contributed by atoms with Gasteiger partial charge in [0.15, 0.2) is 5.82 Å². The summed E-state index contributed by atoms with van der Waals surface area (Å²) in [6, 6.07) is 4.36. The van der Waals surface area contributed by atoms with E-state index in [0.717, 1.165) is 0 Å². The summed E-state index contributed by atoms with van der Waals surface area (Å²) < 4.78 is 10.2. The van der Waals surface area contributed by atoms with Gasteiger partial charge < -0.3 is 24.6 Å². The molecule has 2 N–H and O–H groups in total. The Morgan fingerprint density at radius 2 is 2.19 bits per heavy atom. The largest absolute Gasteiger partial charge is 0.481 e. The zero-order valence-electron chi connectivity index (χ0n) is 15.2. The fraction of sp³-hybridized carbons (Fsp3) is 0.412. The SMILES string of the molecule is COCCc1noc(-c2cc(Cl)ccc2NC(=O)N(C)CC(C)C(=O)O)n1. The van der Waals surface area contributed by atoms with Crippen molar-refractivity contribution >= 4 is 29.3 Å². The van der Waals surface area contributed by atoms with Crippen molar-refractivity contribution in [3.05, 3.63) is 29.0 Å². The number of urea groups is 1. The van der Waals surface area contributed by atoms with Crippen molar-refractivity contribution in [3.63, 3.8) is 0 Å². The van der Waals surface area contributed by atoms with Crippen molar-refractivity contribution in [3.8, 4) is 11.5 Å². The molecule has 9 nitrogen and oxygen atoms in total. The Morgan fingerprint density at radius 3 is 2.85 bits per heavy atom. The average Bonchev–Trinajstić information content (AvgIpc) is 3.09. The number of carboxylic acids is 1. The lowest BCUT2D eigenvalue weighted by Gasteiger charge is -2.20. The summed E-state index contributed by atoms with van der Waals surface area (Å²) in [5.74, 6) is -0.988. The van der Waals surface area contributed by atoms with Crippen LogP contribution in [0.15, 0.2) is 22.7 Å². The predicted molar refractivity (Wildman–Crippen MR) is 98.8 cm³/mol. The lowest BCUT2D eigenvalue weighted by molar-refractivity contribution is -0.141. The maximum atomic E-state index is 12.4. The zero-order valence-corrected chi connectivity index (χ0v) is 16.0. The zero-order chi connectivity index (χ0) is 20.0. The smallest absolute Gasteiger partial charge is 0.321 e. The van der Waals surface area contributed by atoms with Crippen LogP contribution in [0.5, 0.6) is 0 Å². The highest BCUT2D eigenvalue weighted by molar-refractivity contribution is 6.31. The summed E-state index contributed by atoms with van der Waals surface area (Å²) in [5.41, 5.74) is 0.882. The van der Waals surface area contributed by atoms with Crippen molar-refractivity contribution in [1.29, 1.82) is 0 Å². The van der Waals surface area contributed by atoms with Crippen LogP contribution in [-0.2, 0) is 16.0 Å². The minimum atomic E-state index is -0.976. The van der Waals surface area contributed by atoms with Crippen molar-refractivity contribution < 1.29 is 24.0 Å². The Hall–Kier alpha value is -2.65. The molecule has 0 spiro atoms. The van der Waals surface area contributed by atoms with Crippen LogP contribution in [0.2, 0.25) is 5.02 Å². The van der Waals surface area contributed by atoms with E-state index in [1.807, 2.05) is 0 Å². The van der Waals surface area contributed by atoms with Gasteiger partial charge in [-0.2, -0.15) is 4.98 Å². The normalized spacial score (nSPS) is 11.9. The van der Waals surface area contributed by atoms with E-state index in [0.29, 0.717) is 35.1 Å². The summed E-state index contributed by atoms with van der Waals surface area (Å²) in [7, 11) is 3.09. The average molecular weight is 397 g/mol. The summed E-state index contributed by atoms with van der Waals surface area (Å²) in [5, 5.41) is 16.0. The van der Waals surface area contributed by atoms with Gasteiger partial charge in [0, 0.05) is 32.1 Å². The first kappa shape index (κ1) is 20.7. The molecule has 0 aliphatic rings. The Bertz CT molecular complexity index is 810. The lowest BCUT2D eigenvalue weighted by Crippen LogP contribution is -2.36. The highest BCUT2D eigenvalue weighted by Gasteiger charge is 2.20. The number of aromatic nitrogens is 2. The molecule has 1 heterocycles. The molecule has 1 unspecified atom stereocenters. The maximum Gasteiger partial charge on any atom is 0.321 e. The molecular weight excluding hydrogens is 376 g/mol. The number of carbonyl (C=O) groups excluding carboxylic acids is 1. The van der Waals surface area contributed by atoms with Crippen LogP contribution in [0.25, 0.3) is 11.5 Å². The molecule has 0 radical (unpaired) electrons. The first-order valence-electron chi connectivity index (χ1n) is 8.18. The van der Waals surface area contributed by atoms with Crippen molar-refractivity contribution in [2.45, 2.75) is 13.3 Å². The number of carbonyl (C=O) groups is 2. The van der Waals surface area contributed by atoms with E-state index >= 15 is 0 Å². The molecule has 0 saturated heterocycles. The van der Waals surface area contributed by atoms with Gasteiger partial charge in [-0.3, -0.25) is 4.79 Å². The first-order chi connectivity index (χ1) is 12.8. The van der Waals surface area contributed by atoms with Crippen LogP contribution >= 0.6 is 11.6 Å². The van der Waals surface area contributed by atoms with E-state index in [2.05, 4.69) is 15.5 Å². The Kier molecular flexibility index (Phi) is 7.14. The third-order valence-corrected chi connectivity index (χ3v) is 4.00. The molecule has 10 heteroatoms. The first-order valence-corrected chi connectivity index (χ1v) is 8.56. The minimum Gasteiger partial charge on any atom is -0.481 e. The van der Waals surface area contributed by atoms with E-state index < -0.39 is 17.9 Å². The number of hydrogen-bond acceptors (Lipinski definition) is 6. The van der Waals surface area contributed by atoms with Crippen LogP contribution in [-0.4, -0.2) is 59.5 Å². The topological polar surface area (TPSA) is 118 Å². The van der Waals surface area contributed by atoms with E-state index in [-0.39, 0.29) is 12.4 Å². The Morgan fingerprint density at radius 1 is 1.44 bits per heavy atom. The van der Waals surface area contributed by atoms with Gasteiger partial charge in [-0.15, -0.1) is 0 Å². The molecule has 146 valence electrons. The quantitative estimate of drug-likeness (QED) is 0.704. The number of aliphatic carboxylic acids is 1. The van der Waals surface area contributed by atoms with Gasteiger partial charge in [0.1, 0.15) is 0 Å².